The van der Waals surface area contributed by atoms with E-state index in [4.69, 9.17) is 0 Å². The van der Waals surface area contributed by atoms with Gasteiger partial charge in [-0.15, -0.1) is 0 Å². The molecule has 3 aliphatic rings. The molecule has 0 saturated heterocycles. The lowest BCUT2D eigenvalue weighted by Gasteiger charge is -2.55. The van der Waals surface area contributed by atoms with Crippen molar-refractivity contribution in [3.63, 3.8) is 0 Å². The van der Waals surface area contributed by atoms with Crippen LogP contribution in [-0.4, -0.2) is 23.3 Å². The summed E-state index contributed by atoms with van der Waals surface area (Å²) in [7, 11) is 0. The summed E-state index contributed by atoms with van der Waals surface area (Å²) < 4.78 is 0. The molecule has 0 spiro atoms. The number of hydrogen-bond donors (Lipinski definition) is 0. The van der Waals surface area contributed by atoms with Crippen LogP contribution in [0.1, 0.15) is 84.6 Å². The molecule has 0 atom stereocenters. The smallest absolute Gasteiger partial charge is 0.257 e. The quantitative estimate of drug-likeness (QED) is 0.177. The lowest BCUT2D eigenvalue weighted by atomic mass is 9.31. The largest absolute Gasteiger partial charge is 0.337 e. The van der Waals surface area contributed by atoms with Gasteiger partial charge in [-0.3, -0.25) is 0 Å². The Hall–Kier alpha value is -4.64. The molecule has 0 aromatic heterocycles. The van der Waals surface area contributed by atoms with E-state index in [-0.39, 0.29) is 23.3 Å². The van der Waals surface area contributed by atoms with Gasteiger partial charge in [-0.05, 0) is 178 Å². The van der Waals surface area contributed by atoms with Crippen LogP contribution in [0.3, 0.4) is 0 Å². The first kappa shape index (κ1) is 33.5. The highest BCUT2D eigenvalue weighted by molar-refractivity contribution is 7.02. The maximum Gasteiger partial charge on any atom is 0.257 e. The van der Waals surface area contributed by atoms with Crippen LogP contribution >= 0.6 is 0 Å². The Bertz CT molecular complexity index is 2070. The summed E-state index contributed by atoms with van der Waals surface area (Å²) in [6.45, 7) is 30.3. The van der Waals surface area contributed by atoms with E-state index >= 15 is 0 Å². The molecule has 0 amide bonds. The van der Waals surface area contributed by atoms with Gasteiger partial charge in [0.15, 0.2) is 0 Å². The molecular weight excluding hydrogens is 619 g/mol. The van der Waals surface area contributed by atoms with Gasteiger partial charge in [-0.2, -0.15) is 0 Å². The molecule has 3 aliphatic heterocycles. The van der Waals surface area contributed by atoms with Crippen LogP contribution in [0.25, 0.3) is 0 Å². The van der Waals surface area contributed by atoms with Gasteiger partial charge in [-0.25, -0.2) is 0 Å². The molecule has 0 fully saturated rings. The third-order valence-electron chi connectivity index (χ3n) is 10.8. The summed E-state index contributed by atoms with van der Waals surface area (Å²) in [5.74, 6) is 0. The van der Waals surface area contributed by atoms with Crippen molar-refractivity contribution in [2.45, 2.75) is 107 Å². The molecule has 0 unspecified atom stereocenters. The maximum atomic E-state index is 2.66. The summed E-state index contributed by atoms with van der Waals surface area (Å²) in [6, 6.07) is 32.7. The Morgan fingerprint density at radius 2 is 0.647 bits per heavy atom. The lowest BCUT2D eigenvalue weighted by Crippen LogP contribution is -2.69. The Morgan fingerprint density at radius 1 is 0.373 bits per heavy atom. The lowest BCUT2D eigenvalue weighted by molar-refractivity contribution is 0.552. The second kappa shape index (κ2) is 10.9. The van der Waals surface area contributed by atoms with Gasteiger partial charge in [-0.1, -0.05) is 35.4 Å². The molecule has 0 saturated carbocycles. The molecular formula is C46H53BN4. The predicted octanol–water partition coefficient (Wildman–Crippen LogP) is 10.7. The SMILES string of the molecule is Cc1ccc(N(c2ccc(C)cc2)c2cc3c4c(c2)N(C(C)(C)C)c2cc(C)cc5c2B4c2c(cc(C)cc2N3C(C)(C)C)N5C(C)(C)C)cc1. The zero-order valence-corrected chi connectivity index (χ0v) is 32.9. The van der Waals surface area contributed by atoms with Gasteiger partial charge in [0.1, 0.15) is 0 Å². The molecule has 5 aromatic rings. The van der Waals surface area contributed by atoms with Crippen molar-refractivity contribution >= 4 is 74.3 Å². The van der Waals surface area contributed by atoms with E-state index in [9.17, 15) is 0 Å². The van der Waals surface area contributed by atoms with Gasteiger partial charge in [0.2, 0.25) is 0 Å². The van der Waals surface area contributed by atoms with E-state index in [1.807, 2.05) is 0 Å². The van der Waals surface area contributed by atoms with E-state index in [1.165, 1.54) is 78.5 Å². The third kappa shape index (κ3) is 5.10. The minimum Gasteiger partial charge on any atom is -0.337 e. The van der Waals surface area contributed by atoms with Crippen LogP contribution in [-0.2, 0) is 0 Å². The van der Waals surface area contributed by atoms with Crippen molar-refractivity contribution < 1.29 is 0 Å². The van der Waals surface area contributed by atoms with Crippen molar-refractivity contribution in [1.82, 2.24) is 0 Å². The molecule has 0 bridgehead atoms. The van der Waals surface area contributed by atoms with Gasteiger partial charge < -0.3 is 19.6 Å². The molecule has 51 heavy (non-hydrogen) atoms. The monoisotopic (exact) mass is 672 g/mol. The van der Waals surface area contributed by atoms with E-state index in [0.29, 0.717) is 0 Å². The number of rotatable bonds is 3. The van der Waals surface area contributed by atoms with Crippen LogP contribution in [0, 0.1) is 27.7 Å². The van der Waals surface area contributed by atoms with Gasteiger partial charge in [0.05, 0.1) is 5.69 Å². The fourth-order valence-electron chi connectivity index (χ4n) is 9.08. The fraction of sp³-hybridized carbons (Fsp3) is 0.348. The zero-order valence-electron chi connectivity index (χ0n) is 32.9. The summed E-state index contributed by atoms with van der Waals surface area (Å²) >= 11 is 0. The van der Waals surface area contributed by atoms with Crippen LogP contribution in [0.2, 0.25) is 0 Å². The van der Waals surface area contributed by atoms with Gasteiger partial charge in [0.25, 0.3) is 6.71 Å². The van der Waals surface area contributed by atoms with Crippen LogP contribution in [0.4, 0.5) is 51.2 Å². The first-order valence-electron chi connectivity index (χ1n) is 18.7. The van der Waals surface area contributed by atoms with E-state index in [0.717, 1.165) is 11.4 Å². The fourth-order valence-corrected chi connectivity index (χ4v) is 9.08. The first-order chi connectivity index (χ1) is 23.8. The van der Waals surface area contributed by atoms with Crippen molar-refractivity contribution in [3.8, 4) is 0 Å². The summed E-state index contributed by atoms with van der Waals surface area (Å²) in [4.78, 5) is 10.4. The molecule has 8 rings (SSSR count). The van der Waals surface area contributed by atoms with Gasteiger partial charge in [0, 0.05) is 62.1 Å². The molecule has 3 heterocycles. The molecule has 0 N–H and O–H groups in total. The normalized spacial score (nSPS) is 14.6. The van der Waals surface area contributed by atoms with E-state index < -0.39 is 0 Å². The van der Waals surface area contributed by atoms with Crippen LogP contribution in [0.5, 0.6) is 0 Å². The Labute approximate surface area is 306 Å². The summed E-state index contributed by atoms with van der Waals surface area (Å²) in [5.41, 5.74) is 20.3. The number of aryl methyl sites for hydroxylation is 4. The molecule has 260 valence electrons. The molecule has 0 aliphatic carbocycles. The van der Waals surface area contributed by atoms with Crippen molar-refractivity contribution in [1.29, 1.82) is 0 Å². The standard InChI is InChI=1S/C46H53BN4/c1-28-14-18-32(19-15-28)48(33-20-16-29(2)17-21-33)34-26-39-43-40(27-34)51(46(11,12)13)38-25-31(4)23-36-42(38)47(43)41-35(49(36)44(5,6)7)22-30(3)24-37(41)50(39)45(8,9)10/h14-27H,1-13H3. The van der Waals surface area contributed by atoms with Crippen LogP contribution in [0.15, 0.2) is 84.9 Å². The summed E-state index contributed by atoms with van der Waals surface area (Å²) in [6.07, 6.45) is 0. The highest BCUT2D eigenvalue weighted by Crippen LogP contribution is 2.52. The number of benzene rings is 5. The maximum absolute atomic E-state index is 2.66. The molecule has 4 nitrogen and oxygen atoms in total. The topological polar surface area (TPSA) is 13.0 Å². The Balaban J connectivity index is 1.54. The van der Waals surface area contributed by atoms with Crippen molar-refractivity contribution in [3.05, 3.63) is 107 Å². The molecule has 5 aromatic carbocycles. The third-order valence-corrected chi connectivity index (χ3v) is 10.8. The van der Waals surface area contributed by atoms with E-state index in [2.05, 4.69) is 195 Å². The number of hydrogen-bond acceptors (Lipinski definition) is 4. The number of nitrogens with zero attached hydrogens (tertiary/aromatic N) is 4. The highest BCUT2D eigenvalue weighted by Gasteiger charge is 2.52. The minimum atomic E-state index is -0.190. The average Bonchev–Trinajstić information content (AvgIpc) is 3.00. The summed E-state index contributed by atoms with van der Waals surface area (Å²) in [5, 5.41) is 0. The van der Waals surface area contributed by atoms with Gasteiger partial charge >= 0.3 is 0 Å². The number of anilines is 9. The Kier molecular flexibility index (Phi) is 7.18. The Morgan fingerprint density at radius 3 is 0.922 bits per heavy atom. The van der Waals surface area contributed by atoms with E-state index in [1.54, 1.807) is 0 Å². The minimum absolute atomic E-state index is 0.125. The molecule has 5 heteroatoms. The second-order valence-corrected chi connectivity index (χ2v) is 18.3. The zero-order chi connectivity index (χ0) is 36.5. The highest BCUT2D eigenvalue weighted by atomic mass is 15.3. The second-order valence-electron chi connectivity index (χ2n) is 18.3. The van der Waals surface area contributed by atoms with Crippen molar-refractivity contribution in [2.24, 2.45) is 0 Å². The van der Waals surface area contributed by atoms with Crippen LogP contribution < -0.4 is 36.0 Å². The molecule has 0 radical (unpaired) electrons. The van der Waals surface area contributed by atoms with Crippen molar-refractivity contribution in [2.75, 3.05) is 19.6 Å². The first-order valence-corrected chi connectivity index (χ1v) is 18.7. The predicted molar refractivity (Wildman–Crippen MR) is 223 cm³/mol. The average molecular weight is 673 g/mol.